The van der Waals surface area contributed by atoms with E-state index in [2.05, 4.69) is 9.80 Å². The summed E-state index contributed by atoms with van der Waals surface area (Å²) >= 11 is 5.09. The molecule has 0 saturated carbocycles. The van der Waals surface area contributed by atoms with Crippen molar-refractivity contribution < 1.29 is 0 Å². The van der Waals surface area contributed by atoms with Gasteiger partial charge in [0.1, 0.15) is 0 Å². The van der Waals surface area contributed by atoms with Gasteiger partial charge in [-0.25, -0.2) is 0 Å². The van der Waals surface area contributed by atoms with E-state index in [4.69, 9.17) is 17.3 Å². The molecule has 9 heavy (non-hydrogen) atoms. The monoisotopic (exact) mass is 163 g/mol. The van der Waals surface area contributed by atoms with Crippen LogP contribution in [0.25, 0.3) is 10.4 Å². The van der Waals surface area contributed by atoms with Crippen LogP contribution in [0.3, 0.4) is 0 Å². The minimum absolute atomic E-state index is 0.836. The standard InChI is InChI=1S/C4H10N3PS/c1-3-8(9,4-2)7-6-5/h3-4H2,1-2H3. The van der Waals surface area contributed by atoms with Crippen molar-refractivity contribution in [1.82, 2.24) is 0 Å². The maximum Gasteiger partial charge on any atom is 0.0422 e. The molecule has 0 N–H and O–H groups in total. The minimum atomic E-state index is -1.64. The number of hydrogen-bond donors (Lipinski definition) is 0. The Kier molecular flexibility index (Phi) is 3.87. The summed E-state index contributed by atoms with van der Waals surface area (Å²) in [6.45, 7) is 3.94. The Morgan fingerprint density at radius 2 is 2.00 bits per heavy atom. The second kappa shape index (κ2) is 3.89. The molecule has 0 amide bonds. The van der Waals surface area contributed by atoms with Gasteiger partial charge in [0.25, 0.3) is 0 Å². The van der Waals surface area contributed by atoms with Crippen LogP contribution in [-0.2, 0) is 11.8 Å². The fourth-order valence-corrected chi connectivity index (χ4v) is 1.37. The van der Waals surface area contributed by atoms with Crippen LogP contribution in [0.2, 0.25) is 0 Å². The number of nitrogens with zero attached hydrogens (tertiary/aromatic N) is 3. The Morgan fingerprint density at radius 3 is 2.11 bits per heavy atom. The molecule has 0 aliphatic heterocycles. The van der Waals surface area contributed by atoms with Gasteiger partial charge in [0.2, 0.25) is 0 Å². The van der Waals surface area contributed by atoms with E-state index in [1.54, 1.807) is 0 Å². The van der Waals surface area contributed by atoms with Gasteiger partial charge in [0, 0.05) is 11.1 Å². The average molecular weight is 163 g/mol. The van der Waals surface area contributed by atoms with Crippen LogP contribution < -0.4 is 0 Å². The van der Waals surface area contributed by atoms with Gasteiger partial charge in [-0.05, 0) is 17.9 Å². The highest BCUT2D eigenvalue weighted by atomic mass is 32.4. The zero-order chi connectivity index (χ0) is 7.33. The van der Waals surface area contributed by atoms with E-state index in [1.807, 2.05) is 13.8 Å². The van der Waals surface area contributed by atoms with Crippen LogP contribution in [0, 0.1) is 0 Å². The van der Waals surface area contributed by atoms with Gasteiger partial charge in [0.05, 0.1) is 0 Å². The van der Waals surface area contributed by atoms with Gasteiger partial charge in [0.15, 0.2) is 0 Å². The molecule has 0 rings (SSSR count). The van der Waals surface area contributed by atoms with Crippen LogP contribution in [0.5, 0.6) is 0 Å². The van der Waals surface area contributed by atoms with Crippen molar-refractivity contribution in [2.24, 2.45) is 4.88 Å². The highest BCUT2D eigenvalue weighted by Crippen LogP contribution is 2.46. The van der Waals surface area contributed by atoms with Crippen molar-refractivity contribution in [3.63, 3.8) is 0 Å². The summed E-state index contributed by atoms with van der Waals surface area (Å²) in [6, 6.07) is 0. The molecule has 0 radical (unpaired) electrons. The maximum atomic E-state index is 8.08. The lowest BCUT2D eigenvalue weighted by atomic mass is 11.0. The molecule has 0 unspecified atom stereocenters. The molecule has 0 heterocycles. The molecule has 5 heteroatoms. The number of azide groups is 1. The second-order valence-corrected chi connectivity index (χ2v) is 6.83. The Balaban J connectivity index is 4.28. The summed E-state index contributed by atoms with van der Waals surface area (Å²) in [7, 11) is 0. The van der Waals surface area contributed by atoms with Crippen molar-refractivity contribution in [1.29, 1.82) is 0 Å². The zero-order valence-corrected chi connectivity index (χ0v) is 7.32. The molecule has 0 aliphatic carbocycles. The quantitative estimate of drug-likeness (QED) is 0.273. The van der Waals surface area contributed by atoms with Crippen LogP contribution in [-0.4, -0.2) is 12.3 Å². The lowest BCUT2D eigenvalue weighted by Gasteiger charge is -2.07. The van der Waals surface area contributed by atoms with Crippen molar-refractivity contribution in [2.75, 3.05) is 12.3 Å². The summed E-state index contributed by atoms with van der Waals surface area (Å²) in [6.07, 6.45) is 0.0329. The van der Waals surface area contributed by atoms with E-state index >= 15 is 0 Å². The summed E-state index contributed by atoms with van der Waals surface area (Å²) < 4.78 is 0. The first-order valence-electron chi connectivity index (χ1n) is 2.83. The fraction of sp³-hybridized carbons (Fsp3) is 1.00. The molecule has 0 aromatic rings. The van der Waals surface area contributed by atoms with E-state index in [-0.39, 0.29) is 0 Å². The van der Waals surface area contributed by atoms with Gasteiger partial charge >= 0.3 is 0 Å². The largest absolute Gasteiger partial charge is 0.0907 e. The SMILES string of the molecule is CCP(=S)(CC)N=[N+]=[N-]. The van der Waals surface area contributed by atoms with E-state index in [1.165, 1.54) is 0 Å². The Morgan fingerprint density at radius 1 is 1.56 bits per heavy atom. The molecule has 0 aromatic heterocycles. The van der Waals surface area contributed by atoms with E-state index in [9.17, 15) is 0 Å². The van der Waals surface area contributed by atoms with Crippen LogP contribution in [0.1, 0.15) is 13.8 Å². The van der Waals surface area contributed by atoms with Gasteiger partial charge < -0.3 is 0 Å². The molecule has 0 bridgehead atoms. The van der Waals surface area contributed by atoms with Gasteiger partial charge in [-0.2, -0.15) is 0 Å². The summed E-state index contributed by atoms with van der Waals surface area (Å²) in [5, 5.41) is 0. The predicted octanol–water partition coefficient (Wildman–Crippen LogP) is 2.73. The average Bonchev–Trinajstić information content (AvgIpc) is 1.89. The van der Waals surface area contributed by atoms with Crippen molar-refractivity contribution in [3.8, 4) is 0 Å². The second-order valence-electron chi connectivity index (χ2n) is 1.66. The topological polar surface area (TPSA) is 48.8 Å². The molecule has 0 fully saturated rings. The molecular formula is C4H10N3PS. The number of hydrogen-bond acceptors (Lipinski definition) is 1. The Hall–Kier alpha value is -0.0400. The number of rotatable bonds is 3. The van der Waals surface area contributed by atoms with Gasteiger partial charge in [-0.1, -0.05) is 30.5 Å². The molecule has 0 atom stereocenters. The van der Waals surface area contributed by atoms with Crippen LogP contribution >= 0.6 is 6.19 Å². The lowest BCUT2D eigenvalue weighted by Crippen LogP contribution is -1.81. The molecule has 0 aliphatic rings. The minimum Gasteiger partial charge on any atom is -0.0907 e. The van der Waals surface area contributed by atoms with Gasteiger partial charge in [-0.15, -0.1) is 0 Å². The first-order chi connectivity index (χ1) is 4.18. The molecule has 0 aromatic carbocycles. The fourth-order valence-electron chi connectivity index (χ4n) is 0.423. The molecule has 52 valence electrons. The normalized spacial score (nSPS) is 10.4. The van der Waals surface area contributed by atoms with Crippen molar-refractivity contribution in [3.05, 3.63) is 10.4 Å². The molecule has 3 nitrogen and oxygen atoms in total. The predicted molar refractivity (Wildman–Crippen MR) is 44.5 cm³/mol. The smallest absolute Gasteiger partial charge is 0.0422 e. The van der Waals surface area contributed by atoms with E-state index < -0.39 is 6.19 Å². The lowest BCUT2D eigenvalue weighted by molar-refractivity contribution is 1.38. The van der Waals surface area contributed by atoms with Crippen molar-refractivity contribution in [2.45, 2.75) is 13.8 Å². The first-order valence-corrected chi connectivity index (χ1v) is 5.95. The van der Waals surface area contributed by atoms with E-state index in [0.29, 0.717) is 0 Å². The summed E-state index contributed by atoms with van der Waals surface area (Å²) in [5.74, 6) is 0. The maximum absolute atomic E-state index is 8.08. The summed E-state index contributed by atoms with van der Waals surface area (Å²) in [4.78, 5) is 6.32. The van der Waals surface area contributed by atoms with Crippen LogP contribution in [0.4, 0.5) is 0 Å². The highest BCUT2D eigenvalue weighted by Gasteiger charge is 2.06. The third-order valence-corrected chi connectivity index (χ3v) is 5.34. The Bertz CT molecular complexity index is 165. The zero-order valence-electron chi connectivity index (χ0n) is 5.61. The van der Waals surface area contributed by atoms with Crippen LogP contribution in [0.15, 0.2) is 4.88 Å². The van der Waals surface area contributed by atoms with Crippen molar-refractivity contribution >= 4 is 18.0 Å². The highest BCUT2D eigenvalue weighted by molar-refractivity contribution is 8.13. The Labute approximate surface area is 60.1 Å². The third-order valence-electron chi connectivity index (χ3n) is 1.19. The third kappa shape index (κ3) is 2.85. The first kappa shape index (κ1) is 8.96. The molecule has 0 spiro atoms. The van der Waals surface area contributed by atoms with E-state index in [0.717, 1.165) is 12.3 Å². The molecular weight excluding hydrogens is 153 g/mol. The summed E-state index contributed by atoms with van der Waals surface area (Å²) in [5.41, 5.74) is 8.08. The molecule has 0 saturated heterocycles. The van der Waals surface area contributed by atoms with Gasteiger partial charge in [-0.3, -0.25) is 0 Å².